The van der Waals surface area contributed by atoms with Gasteiger partial charge in [-0.3, -0.25) is 9.59 Å². The van der Waals surface area contributed by atoms with Crippen LogP contribution in [-0.2, 0) is 4.79 Å². The van der Waals surface area contributed by atoms with Gasteiger partial charge in [-0.25, -0.2) is 0 Å². The molecule has 1 aliphatic carbocycles. The third-order valence-electron chi connectivity index (χ3n) is 5.58. The smallest absolute Gasteiger partial charge is 0.253 e. The molecule has 136 valence electrons. The number of benzene rings is 1. The molecule has 0 spiro atoms. The Balaban J connectivity index is 1.58. The van der Waals surface area contributed by atoms with E-state index in [2.05, 4.69) is 0 Å². The topological polar surface area (TPSA) is 60.9 Å². The zero-order chi connectivity index (χ0) is 17.8. The highest BCUT2D eigenvalue weighted by molar-refractivity contribution is 5.94. The minimum absolute atomic E-state index is 0.00645. The molecule has 0 aromatic heterocycles. The highest BCUT2D eigenvalue weighted by Crippen LogP contribution is 2.27. The molecule has 3 unspecified atom stereocenters. The molecule has 1 aliphatic heterocycles. The third kappa shape index (κ3) is 4.21. The zero-order valence-corrected chi connectivity index (χ0v) is 14.9. The lowest BCUT2D eigenvalue weighted by atomic mass is 9.95. The second-order valence-electron chi connectivity index (χ2n) is 7.43. The van der Waals surface area contributed by atoms with Crippen molar-refractivity contribution in [2.24, 2.45) is 11.8 Å². The second kappa shape index (κ2) is 8.00. The lowest BCUT2D eigenvalue weighted by Gasteiger charge is -2.35. The second-order valence-corrected chi connectivity index (χ2v) is 7.43. The number of aliphatic hydroxyl groups excluding tert-OH is 1. The van der Waals surface area contributed by atoms with E-state index in [1.165, 1.54) is 0 Å². The van der Waals surface area contributed by atoms with Crippen LogP contribution in [0.4, 0.5) is 0 Å². The number of piperidine rings is 1. The van der Waals surface area contributed by atoms with Crippen LogP contribution in [0, 0.1) is 11.8 Å². The minimum atomic E-state index is -0.280. The van der Waals surface area contributed by atoms with Crippen molar-refractivity contribution in [1.82, 2.24) is 9.80 Å². The van der Waals surface area contributed by atoms with Crippen LogP contribution < -0.4 is 0 Å². The molecule has 5 nitrogen and oxygen atoms in total. The molecule has 1 aromatic carbocycles. The van der Waals surface area contributed by atoms with E-state index in [4.69, 9.17) is 0 Å². The summed E-state index contributed by atoms with van der Waals surface area (Å²) in [4.78, 5) is 29.0. The molecule has 0 radical (unpaired) electrons. The fraction of sp³-hybridized carbons (Fsp3) is 0.600. The molecule has 2 amide bonds. The number of hydrogen-bond donors (Lipinski definition) is 1. The van der Waals surface area contributed by atoms with E-state index in [-0.39, 0.29) is 29.8 Å². The summed E-state index contributed by atoms with van der Waals surface area (Å²) < 4.78 is 0. The van der Waals surface area contributed by atoms with E-state index in [9.17, 15) is 14.7 Å². The molecular weight excluding hydrogens is 316 g/mol. The molecule has 1 saturated carbocycles. The first kappa shape index (κ1) is 17.9. The monoisotopic (exact) mass is 344 g/mol. The summed E-state index contributed by atoms with van der Waals surface area (Å²) in [5, 5.41) is 9.98. The van der Waals surface area contributed by atoms with Crippen molar-refractivity contribution in [1.29, 1.82) is 0 Å². The van der Waals surface area contributed by atoms with Crippen LogP contribution in [-0.4, -0.2) is 59.5 Å². The van der Waals surface area contributed by atoms with E-state index in [0.717, 1.165) is 32.1 Å². The highest BCUT2D eigenvalue weighted by atomic mass is 16.3. The Morgan fingerprint density at radius 2 is 1.92 bits per heavy atom. The molecule has 5 heteroatoms. The highest BCUT2D eigenvalue weighted by Gasteiger charge is 2.33. The van der Waals surface area contributed by atoms with E-state index in [1.54, 1.807) is 9.80 Å². The van der Waals surface area contributed by atoms with Crippen molar-refractivity contribution in [3.05, 3.63) is 35.9 Å². The molecule has 1 heterocycles. The van der Waals surface area contributed by atoms with Crippen molar-refractivity contribution in [3.63, 3.8) is 0 Å². The Bertz CT molecular complexity index is 604. The van der Waals surface area contributed by atoms with Crippen molar-refractivity contribution in [3.8, 4) is 0 Å². The predicted octanol–water partition coefficient (Wildman–Crippen LogP) is 2.16. The van der Waals surface area contributed by atoms with Crippen LogP contribution in [0.2, 0.25) is 0 Å². The summed E-state index contributed by atoms with van der Waals surface area (Å²) in [6.45, 7) is 1.82. The average Bonchev–Trinajstić information content (AvgIpc) is 3.06. The summed E-state index contributed by atoms with van der Waals surface area (Å²) in [7, 11) is 1.82. The van der Waals surface area contributed by atoms with Gasteiger partial charge in [-0.2, -0.15) is 0 Å². The van der Waals surface area contributed by atoms with Gasteiger partial charge in [0.2, 0.25) is 5.91 Å². The van der Waals surface area contributed by atoms with Crippen LogP contribution in [0.1, 0.15) is 42.5 Å². The van der Waals surface area contributed by atoms with Gasteiger partial charge in [0.1, 0.15) is 0 Å². The zero-order valence-electron chi connectivity index (χ0n) is 14.9. The molecule has 0 bridgehead atoms. The molecular formula is C20H28N2O3. The van der Waals surface area contributed by atoms with Gasteiger partial charge >= 0.3 is 0 Å². The van der Waals surface area contributed by atoms with Gasteiger partial charge < -0.3 is 14.9 Å². The molecule has 3 rings (SSSR count). The summed E-state index contributed by atoms with van der Waals surface area (Å²) in [6.07, 6.45) is 4.27. The lowest BCUT2D eigenvalue weighted by molar-refractivity contribution is -0.136. The van der Waals surface area contributed by atoms with Gasteiger partial charge in [0, 0.05) is 38.2 Å². The van der Waals surface area contributed by atoms with Gasteiger partial charge in [0.25, 0.3) is 5.91 Å². The van der Waals surface area contributed by atoms with E-state index < -0.39 is 0 Å². The number of nitrogens with zero attached hydrogens (tertiary/aromatic N) is 2. The lowest BCUT2D eigenvalue weighted by Crippen LogP contribution is -2.47. The average molecular weight is 344 g/mol. The Morgan fingerprint density at radius 1 is 1.16 bits per heavy atom. The number of likely N-dealkylation sites (tertiary alicyclic amines) is 1. The molecule has 3 atom stereocenters. The number of amides is 2. The summed E-state index contributed by atoms with van der Waals surface area (Å²) >= 11 is 0. The van der Waals surface area contributed by atoms with Gasteiger partial charge in [0.15, 0.2) is 0 Å². The van der Waals surface area contributed by atoms with Crippen LogP contribution >= 0.6 is 0 Å². The van der Waals surface area contributed by atoms with Crippen LogP contribution in [0.15, 0.2) is 30.3 Å². The SMILES string of the molecule is CN(CC1CCCC1O)C(=O)C1CCCN(C(=O)c2ccccc2)C1. The van der Waals surface area contributed by atoms with Gasteiger partial charge in [-0.1, -0.05) is 24.6 Å². The summed E-state index contributed by atoms with van der Waals surface area (Å²) in [5.41, 5.74) is 0.679. The number of aliphatic hydroxyl groups is 1. The van der Waals surface area contributed by atoms with Crippen LogP contribution in [0.25, 0.3) is 0 Å². The number of hydrogen-bond acceptors (Lipinski definition) is 3. The van der Waals surface area contributed by atoms with Gasteiger partial charge in [-0.15, -0.1) is 0 Å². The number of carbonyl (C=O) groups is 2. The first-order valence-corrected chi connectivity index (χ1v) is 9.33. The first-order chi connectivity index (χ1) is 12.1. The van der Waals surface area contributed by atoms with Crippen molar-refractivity contribution >= 4 is 11.8 Å². The van der Waals surface area contributed by atoms with Gasteiger partial charge in [0.05, 0.1) is 12.0 Å². The molecule has 2 fully saturated rings. The summed E-state index contributed by atoms with van der Waals surface area (Å²) in [6, 6.07) is 9.26. The van der Waals surface area contributed by atoms with E-state index in [0.29, 0.717) is 25.2 Å². The standard InChI is InChI=1S/C20H28N2O3/c1-21(13-16-9-5-11-18(16)23)19(24)17-10-6-12-22(14-17)20(25)15-7-3-2-4-8-15/h2-4,7-8,16-18,23H,5-6,9-14H2,1H3. The van der Waals surface area contributed by atoms with Crippen LogP contribution in [0.3, 0.4) is 0 Å². The number of rotatable bonds is 4. The van der Waals surface area contributed by atoms with Crippen LogP contribution in [0.5, 0.6) is 0 Å². The number of carbonyl (C=O) groups excluding carboxylic acids is 2. The molecule has 1 saturated heterocycles. The molecule has 1 N–H and O–H groups in total. The maximum atomic E-state index is 12.8. The Morgan fingerprint density at radius 3 is 2.60 bits per heavy atom. The third-order valence-corrected chi connectivity index (χ3v) is 5.58. The quantitative estimate of drug-likeness (QED) is 0.910. The Kier molecular flexibility index (Phi) is 5.74. The fourth-order valence-electron chi connectivity index (χ4n) is 4.11. The largest absolute Gasteiger partial charge is 0.393 e. The van der Waals surface area contributed by atoms with Crippen molar-refractivity contribution < 1.29 is 14.7 Å². The van der Waals surface area contributed by atoms with Crippen molar-refractivity contribution in [2.45, 2.75) is 38.2 Å². The Labute approximate surface area is 149 Å². The summed E-state index contributed by atoms with van der Waals surface area (Å²) in [5.74, 6) is 0.168. The fourth-order valence-corrected chi connectivity index (χ4v) is 4.11. The first-order valence-electron chi connectivity index (χ1n) is 9.33. The van der Waals surface area contributed by atoms with E-state index >= 15 is 0 Å². The maximum absolute atomic E-state index is 12.8. The molecule has 25 heavy (non-hydrogen) atoms. The molecule has 2 aliphatic rings. The predicted molar refractivity (Wildman–Crippen MR) is 96.1 cm³/mol. The minimum Gasteiger partial charge on any atom is -0.393 e. The Hall–Kier alpha value is -1.88. The van der Waals surface area contributed by atoms with E-state index in [1.807, 2.05) is 37.4 Å². The van der Waals surface area contributed by atoms with Crippen molar-refractivity contribution in [2.75, 3.05) is 26.7 Å². The van der Waals surface area contributed by atoms with Gasteiger partial charge in [-0.05, 0) is 37.8 Å². The normalized spacial score (nSPS) is 26.5. The molecule has 1 aromatic rings. The maximum Gasteiger partial charge on any atom is 0.253 e.